The summed E-state index contributed by atoms with van der Waals surface area (Å²) < 4.78 is 29.4. The summed E-state index contributed by atoms with van der Waals surface area (Å²) in [4.78, 5) is 8.44. The van der Waals surface area contributed by atoms with Gasteiger partial charge in [0.2, 0.25) is 0 Å². The van der Waals surface area contributed by atoms with Crippen LogP contribution >= 0.6 is 11.6 Å². The molecule has 8 heteroatoms. The van der Waals surface area contributed by atoms with E-state index in [2.05, 4.69) is 9.98 Å². The molecule has 0 radical (unpaired) electrons. The Morgan fingerprint density at radius 2 is 1.96 bits per heavy atom. The molecule has 0 spiro atoms. The van der Waals surface area contributed by atoms with E-state index in [0.717, 1.165) is 0 Å². The monoisotopic (exact) mass is 375 g/mol. The zero-order chi connectivity index (χ0) is 19.0. The lowest BCUT2D eigenvalue weighted by atomic mass is 10.0. The zero-order valence-electron chi connectivity index (χ0n) is 14.1. The van der Waals surface area contributed by atoms with Crippen LogP contribution in [0.4, 0.5) is 14.5 Å². The van der Waals surface area contributed by atoms with Gasteiger partial charge in [0.15, 0.2) is 5.82 Å². The molecule has 5 nitrogen and oxygen atoms in total. The minimum atomic E-state index is -0.544. The van der Waals surface area contributed by atoms with Gasteiger partial charge in [0.25, 0.3) is 0 Å². The third-order valence-electron chi connectivity index (χ3n) is 3.88. The van der Waals surface area contributed by atoms with Crippen LogP contribution in [0.1, 0.15) is 12.5 Å². The van der Waals surface area contributed by atoms with E-state index in [4.69, 9.17) is 23.1 Å². The van der Waals surface area contributed by atoms with Gasteiger partial charge in [-0.05, 0) is 37.3 Å². The molecule has 1 aromatic heterocycles. The number of aromatic nitrogens is 2. The van der Waals surface area contributed by atoms with Crippen LogP contribution < -0.4 is 11.5 Å². The topological polar surface area (TPSA) is 82.2 Å². The number of hydrogen-bond acceptors (Lipinski definition) is 4. The Kier molecular flexibility index (Phi) is 4.65. The van der Waals surface area contributed by atoms with Crippen LogP contribution in [0.2, 0.25) is 5.02 Å². The first-order valence-electron chi connectivity index (χ1n) is 7.65. The van der Waals surface area contributed by atoms with Gasteiger partial charge in [0.05, 0.1) is 10.5 Å². The SMILES string of the molecule is CN=C(C(=C(C)N)c1ccc(F)cc1Cl)n1cnc2cc(N)cc(F)c21. The second-order valence-corrected chi connectivity index (χ2v) is 6.12. The minimum absolute atomic E-state index is 0.167. The van der Waals surface area contributed by atoms with Crippen LogP contribution in [0.15, 0.2) is 47.3 Å². The van der Waals surface area contributed by atoms with Crippen molar-refractivity contribution in [2.45, 2.75) is 6.92 Å². The maximum absolute atomic E-state index is 14.5. The molecular weight excluding hydrogens is 360 g/mol. The molecule has 0 atom stereocenters. The molecule has 0 aliphatic heterocycles. The summed E-state index contributed by atoms with van der Waals surface area (Å²) in [5.74, 6) is -0.695. The average Bonchev–Trinajstić information content (AvgIpc) is 2.97. The van der Waals surface area contributed by atoms with Crippen molar-refractivity contribution in [1.82, 2.24) is 9.55 Å². The zero-order valence-corrected chi connectivity index (χ0v) is 14.9. The van der Waals surface area contributed by atoms with Gasteiger partial charge in [-0.25, -0.2) is 13.8 Å². The van der Waals surface area contributed by atoms with E-state index in [1.807, 2.05) is 0 Å². The maximum atomic E-state index is 14.5. The third kappa shape index (κ3) is 3.01. The Bertz CT molecular complexity index is 1060. The second-order valence-electron chi connectivity index (χ2n) is 5.71. The number of imidazole rings is 1. The fraction of sp³-hybridized carbons (Fsp3) is 0.111. The van der Waals surface area contributed by atoms with E-state index in [9.17, 15) is 8.78 Å². The lowest BCUT2D eigenvalue weighted by molar-refractivity contribution is 0.628. The Morgan fingerprint density at radius 3 is 2.58 bits per heavy atom. The van der Waals surface area contributed by atoms with E-state index in [0.29, 0.717) is 28.2 Å². The Balaban J connectivity index is 2.27. The van der Waals surface area contributed by atoms with Gasteiger partial charge in [-0.3, -0.25) is 9.56 Å². The van der Waals surface area contributed by atoms with Crippen molar-refractivity contribution in [2.24, 2.45) is 10.7 Å². The van der Waals surface area contributed by atoms with E-state index >= 15 is 0 Å². The van der Waals surface area contributed by atoms with E-state index in [1.54, 1.807) is 13.0 Å². The second kappa shape index (κ2) is 6.76. The molecule has 1 heterocycles. The maximum Gasteiger partial charge on any atom is 0.151 e. The van der Waals surface area contributed by atoms with Gasteiger partial charge in [-0.1, -0.05) is 11.6 Å². The highest BCUT2D eigenvalue weighted by molar-refractivity contribution is 6.36. The number of anilines is 1. The smallest absolute Gasteiger partial charge is 0.151 e. The summed E-state index contributed by atoms with van der Waals surface area (Å²) in [6.07, 6.45) is 1.43. The van der Waals surface area contributed by atoms with Gasteiger partial charge < -0.3 is 11.5 Å². The molecule has 0 unspecified atom stereocenters. The minimum Gasteiger partial charge on any atom is -0.402 e. The van der Waals surface area contributed by atoms with Crippen molar-refractivity contribution >= 4 is 39.7 Å². The van der Waals surface area contributed by atoms with Gasteiger partial charge >= 0.3 is 0 Å². The van der Waals surface area contributed by atoms with Gasteiger partial charge in [-0.2, -0.15) is 0 Å². The van der Waals surface area contributed by atoms with Crippen LogP contribution in [0, 0.1) is 11.6 Å². The highest BCUT2D eigenvalue weighted by Gasteiger charge is 2.21. The molecule has 2 aromatic carbocycles. The Morgan fingerprint density at radius 1 is 1.23 bits per heavy atom. The van der Waals surface area contributed by atoms with E-state index in [1.165, 1.54) is 42.2 Å². The highest BCUT2D eigenvalue weighted by Crippen LogP contribution is 2.30. The van der Waals surface area contributed by atoms with Gasteiger partial charge in [0, 0.05) is 29.6 Å². The van der Waals surface area contributed by atoms with Crippen molar-refractivity contribution < 1.29 is 8.78 Å². The number of hydrogen-bond donors (Lipinski definition) is 2. The fourth-order valence-corrected chi connectivity index (χ4v) is 3.08. The molecule has 0 fully saturated rings. The van der Waals surface area contributed by atoms with Gasteiger partial charge in [-0.15, -0.1) is 0 Å². The molecule has 4 N–H and O–H groups in total. The normalized spacial score (nSPS) is 13.2. The molecule has 26 heavy (non-hydrogen) atoms. The van der Waals surface area contributed by atoms with Crippen LogP contribution in [0.3, 0.4) is 0 Å². The quantitative estimate of drug-likeness (QED) is 0.406. The number of rotatable bonds is 2. The van der Waals surface area contributed by atoms with Crippen LogP contribution in [0.25, 0.3) is 16.6 Å². The standard InChI is InChI=1S/C18H16ClF2N5/c1-9(22)16(12-4-3-10(20)5-13(12)19)18(24-2)26-8-25-15-7-11(23)6-14(21)17(15)26/h3-8H,22-23H2,1-2H3. The van der Waals surface area contributed by atoms with Crippen molar-refractivity contribution in [3.05, 3.63) is 64.6 Å². The number of benzene rings is 2. The molecule has 0 amide bonds. The highest BCUT2D eigenvalue weighted by atomic mass is 35.5. The molecular formula is C18H16ClF2N5. The summed E-state index contributed by atoms with van der Waals surface area (Å²) >= 11 is 6.20. The third-order valence-corrected chi connectivity index (χ3v) is 4.19. The Labute approximate surface area is 153 Å². The average molecular weight is 376 g/mol. The predicted octanol–water partition coefficient (Wildman–Crippen LogP) is 3.82. The summed E-state index contributed by atoms with van der Waals surface area (Å²) in [5.41, 5.74) is 13.9. The summed E-state index contributed by atoms with van der Waals surface area (Å²) in [5, 5.41) is 0.167. The molecule has 0 aliphatic rings. The molecule has 0 saturated heterocycles. The number of nitrogens with two attached hydrogens (primary N) is 2. The van der Waals surface area contributed by atoms with Crippen molar-refractivity contribution in [3.8, 4) is 0 Å². The fourth-order valence-electron chi connectivity index (χ4n) is 2.82. The summed E-state index contributed by atoms with van der Waals surface area (Å²) in [6, 6.07) is 6.72. The van der Waals surface area contributed by atoms with Crippen LogP contribution in [-0.4, -0.2) is 22.4 Å². The molecule has 0 aliphatic carbocycles. The molecule has 0 bridgehead atoms. The first-order valence-corrected chi connectivity index (χ1v) is 8.02. The first kappa shape index (κ1) is 17.9. The number of nitrogens with zero attached hydrogens (tertiary/aromatic N) is 3. The molecule has 134 valence electrons. The number of aliphatic imine (C=N–C) groups is 1. The predicted molar refractivity (Wildman–Crippen MR) is 101 cm³/mol. The number of nitrogen functional groups attached to an aromatic ring is 1. The first-order chi connectivity index (χ1) is 12.3. The summed E-state index contributed by atoms with van der Waals surface area (Å²) in [7, 11) is 1.54. The van der Waals surface area contributed by atoms with Crippen LogP contribution in [0.5, 0.6) is 0 Å². The number of fused-ring (bicyclic) bond motifs is 1. The molecule has 0 saturated carbocycles. The van der Waals surface area contributed by atoms with E-state index in [-0.39, 0.29) is 16.2 Å². The number of halogens is 3. The van der Waals surface area contributed by atoms with Crippen LogP contribution in [-0.2, 0) is 0 Å². The van der Waals surface area contributed by atoms with Crippen molar-refractivity contribution in [1.29, 1.82) is 0 Å². The van der Waals surface area contributed by atoms with E-state index < -0.39 is 11.6 Å². The number of allylic oxidation sites excluding steroid dienone is 2. The Hall–Kier alpha value is -2.93. The lowest BCUT2D eigenvalue weighted by Gasteiger charge is -2.16. The van der Waals surface area contributed by atoms with Crippen molar-refractivity contribution in [3.63, 3.8) is 0 Å². The van der Waals surface area contributed by atoms with Gasteiger partial charge in [0.1, 0.15) is 23.5 Å². The molecule has 3 aromatic rings. The summed E-state index contributed by atoms with van der Waals surface area (Å²) in [6.45, 7) is 1.66. The lowest BCUT2D eigenvalue weighted by Crippen LogP contribution is -2.17. The van der Waals surface area contributed by atoms with Crippen molar-refractivity contribution in [2.75, 3.05) is 12.8 Å². The largest absolute Gasteiger partial charge is 0.402 e. The molecule has 3 rings (SSSR count).